The van der Waals surface area contributed by atoms with Crippen LogP contribution in [0.5, 0.6) is 0 Å². The highest BCUT2D eigenvalue weighted by molar-refractivity contribution is 9.10. The summed E-state index contributed by atoms with van der Waals surface area (Å²) in [6.07, 6.45) is 0. The zero-order valence-corrected chi connectivity index (χ0v) is 18.2. The van der Waals surface area contributed by atoms with E-state index in [9.17, 15) is 13.2 Å². The molecule has 0 aliphatic rings. The van der Waals surface area contributed by atoms with Crippen LogP contribution in [-0.4, -0.2) is 20.9 Å². The van der Waals surface area contributed by atoms with Crippen molar-refractivity contribution in [2.24, 2.45) is 0 Å². The van der Waals surface area contributed by atoms with E-state index in [4.69, 9.17) is 0 Å². The summed E-state index contributed by atoms with van der Waals surface area (Å²) in [5.74, 6) is -0.388. The third kappa shape index (κ3) is 5.25. The molecule has 1 atom stereocenters. The molecule has 1 amide bonds. The Morgan fingerprint density at radius 3 is 2.21 bits per heavy atom. The number of sulfonamides is 1. The topological polar surface area (TPSA) is 66.5 Å². The molecular formula is C22H21BrN2O3S. The summed E-state index contributed by atoms with van der Waals surface area (Å²) < 4.78 is 28.4. The molecule has 7 heteroatoms. The molecule has 0 spiro atoms. The minimum absolute atomic E-state index is 0.129. The normalized spacial score (nSPS) is 12.2. The van der Waals surface area contributed by atoms with Gasteiger partial charge in [-0.05, 0) is 42.8 Å². The molecule has 0 saturated carbocycles. The van der Waals surface area contributed by atoms with Gasteiger partial charge in [-0.1, -0.05) is 70.5 Å². The van der Waals surface area contributed by atoms with Gasteiger partial charge in [0.05, 0.1) is 16.6 Å². The molecule has 3 aromatic rings. The van der Waals surface area contributed by atoms with Crippen molar-refractivity contribution in [3.8, 4) is 0 Å². The third-order valence-electron chi connectivity index (χ3n) is 4.39. The second-order valence-electron chi connectivity index (χ2n) is 6.50. The Morgan fingerprint density at radius 2 is 1.59 bits per heavy atom. The van der Waals surface area contributed by atoms with E-state index in [-0.39, 0.29) is 23.4 Å². The van der Waals surface area contributed by atoms with Crippen molar-refractivity contribution < 1.29 is 13.2 Å². The van der Waals surface area contributed by atoms with E-state index in [1.165, 1.54) is 12.1 Å². The number of hydrogen-bond donors (Lipinski definition) is 1. The standard InChI is InChI=1S/C22H21BrN2O3S/c1-17(18-9-4-2-5-10-18)24-22(26)16-25(20-12-8-11-19(23)15-20)29(27,28)21-13-6-3-7-14-21/h2-15,17H,16H2,1H3,(H,24,26)/t17-/m0/s1. The number of benzene rings is 3. The first-order valence-corrected chi connectivity index (χ1v) is 11.3. The lowest BCUT2D eigenvalue weighted by atomic mass is 10.1. The van der Waals surface area contributed by atoms with Gasteiger partial charge in [0.15, 0.2) is 0 Å². The Morgan fingerprint density at radius 1 is 0.966 bits per heavy atom. The van der Waals surface area contributed by atoms with Crippen LogP contribution < -0.4 is 9.62 Å². The summed E-state index contributed by atoms with van der Waals surface area (Å²) in [7, 11) is -3.91. The second-order valence-corrected chi connectivity index (χ2v) is 9.28. The quantitative estimate of drug-likeness (QED) is 0.549. The van der Waals surface area contributed by atoms with E-state index in [0.717, 1.165) is 14.3 Å². The highest BCUT2D eigenvalue weighted by Crippen LogP contribution is 2.26. The number of amides is 1. The molecule has 0 radical (unpaired) electrons. The summed E-state index contributed by atoms with van der Waals surface area (Å²) in [6.45, 7) is 1.53. The number of rotatable bonds is 7. The summed E-state index contributed by atoms with van der Waals surface area (Å²) in [6, 6.07) is 24.2. The first kappa shape index (κ1) is 21.1. The van der Waals surface area contributed by atoms with Crippen molar-refractivity contribution >= 4 is 37.5 Å². The predicted octanol–water partition coefficient (Wildman–Crippen LogP) is 4.52. The average Bonchev–Trinajstić information content (AvgIpc) is 2.73. The van der Waals surface area contributed by atoms with E-state index in [1.807, 2.05) is 37.3 Å². The molecule has 0 fully saturated rings. The molecule has 5 nitrogen and oxygen atoms in total. The number of carbonyl (C=O) groups is 1. The second kappa shape index (κ2) is 9.24. The average molecular weight is 473 g/mol. The van der Waals surface area contributed by atoms with Crippen LogP contribution >= 0.6 is 15.9 Å². The zero-order chi connectivity index (χ0) is 20.9. The lowest BCUT2D eigenvalue weighted by Crippen LogP contribution is -2.41. The van der Waals surface area contributed by atoms with Gasteiger partial charge in [0.25, 0.3) is 10.0 Å². The molecule has 0 heterocycles. The first-order chi connectivity index (χ1) is 13.9. The molecule has 3 aromatic carbocycles. The van der Waals surface area contributed by atoms with E-state index < -0.39 is 10.0 Å². The van der Waals surface area contributed by atoms with Crippen LogP contribution in [0.3, 0.4) is 0 Å². The summed E-state index contributed by atoms with van der Waals surface area (Å²) in [5.41, 5.74) is 1.35. The zero-order valence-electron chi connectivity index (χ0n) is 15.8. The van der Waals surface area contributed by atoms with Crippen LogP contribution in [0.25, 0.3) is 0 Å². The fourth-order valence-electron chi connectivity index (χ4n) is 2.91. The monoisotopic (exact) mass is 472 g/mol. The highest BCUT2D eigenvalue weighted by Gasteiger charge is 2.27. The lowest BCUT2D eigenvalue weighted by Gasteiger charge is -2.25. The molecule has 3 rings (SSSR count). The molecule has 1 N–H and O–H groups in total. The van der Waals surface area contributed by atoms with Crippen molar-refractivity contribution in [1.29, 1.82) is 0 Å². The van der Waals surface area contributed by atoms with Crippen LogP contribution in [0.2, 0.25) is 0 Å². The molecule has 29 heavy (non-hydrogen) atoms. The third-order valence-corrected chi connectivity index (χ3v) is 6.67. The molecule has 0 aliphatic carbocycles. The van der Waals surface area contributed by atoms with Gasteiger partial charge in [0, 0.05) is 4.47 Å². The number of nitrogens with one attached hydrogen (secondary N) is 1. The highest BCUT2D eigenvalue weighted by atomic mass is 79.9. The van der Waals surface area contributed by atoms with Crippen LogP contribution in [0, 0.1) is 0 Å². The summed E-state index contributed by atoms with van der Waals surface area (Å²) in [4.78, 5) is 12.9. The Hall–Kier alpha value is -2.64. The Balaban J connectivity index is 1.89. The van der Waals surface area contributed by atoms with Gasteiger partial charge in [-0.15, -0.1) is 0 Å². The predicted molar refractivity (Wildman–Crippen MR) is 118 cm³/mol. The number of anilines is 1. The molecular weight excluding hydrogens is 452 g/mol. The maximum atomic E-state index is 13.3. The summed E-state index contributed by atoms with van der Waals surface area (Å²) >= 11 is 3.37. The fraction of sp³-hybridized carbons (Fsp3) is 0.136. The molecule has 0 saturated heterocycles. The molecule has 0 aliphatic heterocycles. The van der Waals surface area contributed by atoms with Crippen LogP contribution in [0.1, 0.15) is 18.5 Å². The van der Waals surface area contributed by atoms with Gasteiger partial charge in [-0.3, -0.25) is 9.10 Å². The lowest BCUT2D eigenvalue weighted by molar-refractivity contribution is -0.120. The Bertz CT molecular complexity index is 1070. The Kier molecular flexibility index (Phi) is 6.71. The number of hydrogen-bond acceptors (Lipinski definition) is 3. The molecule has 0 aromatic heterocycles. The molecule has 0 unspecified atom stereocenters. The maximum absolute atomic E-state index is 13.3. The Labute approximate surface area is 179 Å². The van der Waals surface area contributed by atoms with Gasteiger partial charge >= 0.3 is 0 Å². The maximum Gasteiger partial charge on any atom is 0.264 e. The number of halogens is 1. The van der Waals surface area contributed by atoms with E-state index in [2.05, 4.69) is 21.2 Å². The number of carbonyl (C=O) groups excluding carboxylic acids is 1. The van der Waals surface area contributed by atoms with Gasteiger partial charge in [-0.25, -0.2) is 8.42 Å². The first-order valence-electron chi connectivity index (χ1n) is 9.05. The van der Waals surface area contributed by atoms with Crippen molar-refractivity contribution in [2.75, 3.05) is 10.8 Å². The van der Waals surface area contributed by atoms with Gasteiger partial charge in [0.1, 0.15) is 6.54 Å². The minimum Gasteiger partial charge on any atom is -0.348 e. The van der Waals surface area contributed by atoms with Gasteiger partial charge < -0.3 is 5.32 Å². The summed E-state index contributed by atoms with van der Waals surface area (Å²) in [5, 5.41) is 2.88. The SMILES string of the molecule is C[C@H](NC(=O)CN(c1cccc(Br)c1)S(=O)(=O)c1ccccc1)c1ccccc1. The van der Waals surface area contributed by atoms with Crippen molar-refractivity contribution in [3.05, 3.63) is 95.0 Å². The van der Waals surface area contributed by atoms with Gasteiger partial charge in [0.2, 0.25) is 5.91 Å². The van der Waals surface area contributed by atoms with Crippen molar-refractivity contribution in [2.45, 2.75) is 17.9 Å². The fourth-order valence-corrected chi connectivity index (χ4v) is 4.73. The van der Waals surface area contributed by atoms with Crippen molar-refractivity contribution in [1.82, 2.24) is 5.32 Å². The largest absolute Gasteiger partial charge is 0.348 e. The van der Waals surface area contributed by atoms with Gasteiger partial charge in [-0.2, -0.15) is 0 Å². The van der Waals surface area contributed by atoms with Crippen molar-refractivity contribution in [3.63, 3.8) is 0 Å². The van der Waals surface area contributed by atoms with E-state index in [0.29, 0.717) is 5.69 Å². The van der Waals surface area contributed by atoms with E-state index in [1.54, 1.807) is 42.5 Å². The number of nitrogens with zero attached hydrogens (tertiary/aromatic N) is 1. The van der Waals surface area contributed by atoms with Crippen LogP contribution in [-0.2, 0) is 14.8 Å². The van der Waals surface area contributed by atoms with E-state index >= 15 is 0 Å². The smallest absolute Gasteiger partial charge is 0.264 e. The molecule has 0 bridgehead atoms. The minimum atomic E-state index is -3.91. The van der Waals surface area contributed by atoms with Crippen LogP contribution in [0.4, 0.5) is 5.69 Å². The van der Waals surface area contributed by atoms with Crippen LogP contribution in [0.15, 0.2) is 94.3 Å². The molecule has 150 valence electrons.